The molecule has 0 amide bonds. The molecule has 1 aromatic rings. The van der Waals surface area contributed by atoms with Gasteiger partial charge < -0.3 is 4.90 Å². The van der Waals surface area contributed by atoms with Crippen molar-refractivity contribution in [2.24, 2.45) is 5.92 Å². The van der Waals surface area contributed by atoms with E-state index in [-0.39, 0.29) is 0 Å². The highest BCUT2D eigenvalue weighted by Crippen LogP contribution is 2.26. The zero-order chi connectivity index (χ0) is 10.7. The summed E-state index contributed by atoms with van der Waals surface area (Å²) in [5, 5.41) is 0. The second-order valence-electron chi connectivity index (χ2n) is 4.37. The monoisotopic (exact) mass is 208 g/mol. The topological polar surface area (TPSA) is 16.1 Å². The SMILES string of the molecule is CN(CC1CCCC1)c1ccnc(F)c1. The van der Waals surface area contributed by atoms with Crippen LogP contribution in [0.15, 0.2) is 18.3 Å². The lowest BCUT2D eigenvalue weighted by Gasteiger charge is -2.22. The molecule has 0 atom stereocenters. The summed E-state index contributed by atoms with van der Waals surface area (Å²) in [6, 6.07) is 3.35. The van der Waals surface area contributed by atoms with E-state index in [1.807, 2.05) is 13.1 Å². The van der Waals surface area contributed by atoms with Crippen LogP contribution in [0.4, 0.5) is 10.1 Å². The van der Waals surface area contributed by atoms with Crippen LogP contribution in [0.3, 0.4) is 0 Å². The lowest BCUT2D eigenvalue weighted by atomic mass is 10.1. The van der Waals surface area contributed by atoms with Gasteiger partial charge >= 0.3 is 0 Å². The highest BCUT2D eigenvalue weighted by Gasteiger charge is 2.17. The molecule has 1 heterocycles. The summed E-state index contributed by atoms with van der Waals surface area (Å²) in [6.45, 7) is 1.03. The van der Waals surface area contributed by atoms with Gasteiger partial charge in [-0.15, -0.1) is 0 Å². The zero-order valence-electron chi connectivity index (χ0n) is 9.12. The minimum Gasteiger partial charge on any atom is -0.374 e. The first-order chi connectivity index (χ1) is 7.25. The fourth-order valence-electron chi connectivity index (χ4n) is 2.32. The Balaban J connectivity index is 1.97. The van der Waals surface area contributed by atoms with Crippen LogP contribution in [0, 0.1) is 11.9 Å². The van der Waals surface area contributed by atoms with Crippen molar-refractivity contribution in [3.8, 4) is 0 Å². The average Bonchev–Trinajstić information content (AvgIpc) is 2.70. The molecule has 0 unspecified atom stereocenters. The van der Waals surface area contributed by atoms with Gasteiger partial charge in [0.05, 0.1) is 0 Å². The van der Waals surface area contributed by atoms with Crippen LogP contribution in [0.25, 0.3) is 0 Å². The number of halogens is 1. The normalized spacial score (nSPS) is 16.9. The molecule has 0 N–H and O–H groups in total. The number of hydrogen-bond acceptors (Lipinski definition) is 2. The maximum atomic E-state index is 12.9. The van der Waals surface area contributed by atoms with E-state index >= 15 is 0 Å². The van der Waals surface area contributed by atoms with Gasteiger partial charge in [0.25, 0.3) is 0 Å². The largest absolute Gasteiger partial charge is 0.374 e. The number of rotatable bonds is 3. The first-order valence-corrected chi connectivity index (χ1v) is 5.58. The van der Waals surface area contributed by atoms with Gasteiger partial charge in [-0.05, 0) is 24.8 Å². The molecule has 1 aromatic heterocycles. The molecule has 0 saturated heterocycles. The molecule has 0 spiro atoms. The summed E-state index contributed by atoms with van der Waals surface area (Å²) in [7, 11) is 2.02. The Hall–Kier alpha value is -1.12. The highest BCUT2D eigenvalue weighted by molar-refractivity contribution is 5.43. The molecule has 82 valence electrons. The Kier molecular flexibility index (Phi) is 3.19. The van der Waals surface area contributed by atoms with Crippen molar-refractivity contribution >= 4 is 5.69 Å². The molecule has 2 rings (SSSR count). The van der Waals surface area contributed by atoms with E-state index in [9.17, 15) is 4.39 Å². The number of pyridine rings is 1. The molecular formula is C12H17FN2. The number of anilines is 1. The fraction of sp³-hybridized carbons (Fsp3) is 0.583. The van der Waals surface area contributed by atoms with Crippen LogP contribution in [0.1, 0.15) is 25.7 Å². The van der Waals surface area contributed by atoms with Crippen molar-refractivity contribution in [3.05, 3.63) is 24.3 Å². The van der Waals surface area contributed by atoms with E-state index in [2.05, 4.69) is 9.88 Å². The average molecular weight is 208 g/mol. The molecule has 0 bridgehead atoms. The van der Waals surface area contributed by atoms with Crippen molar-refractivity contribution in [3.63, 3.8) is 0 Å². The maximum Gasteiger partial charge on any atom is 0.214 e. The lowest BCUT2D eigenvalue weighted by Crippen LogP contribution is -2.24. The molecule has 0 radical (unpaired) electrons. The van der Waals surface area contributed by atoms with Crippen LogP contribution in [0.2, 0.25) is 0 Å². The van der Waals surface area contributed by atoms with Crippen LogP contribution in [-0.2, 0) is 0 Å². The van der Waals surface area contributed by atoms with E-state index in [1.54, 1.807) is 0 Å². The third-order valence-corrected chi connectivity index (χ3v) is 3.16. The summed E-state index contributed by atoms with van der Waals surface area (Å²) in [6.07, 6.45) is 6.86. The Bertz CT molecular complexity index is 321. The predicted octanol–water partition coefficient (Wildman–Crippen LogP) is 2.85. The van der Waals surface area contributed by atoms with E-state index in [1.165, 1.54) is 37.9 Å². The molecule has 1 aliphatic carbocycles. The van der Waals surface area contributed by atoms with Gasteiger partial charge in [0, 0.05) is 31.5 Å². The fourth-order valence-corrected chi connectivity index (χ4v) is 2.32. The summed E-state index contributed by atoms with van der Waals surface area (Å²) in [5.74, 6) is 0.386. The summed E-state index contributed by atoms with van der Waals surface area (Å²) >= 11 is 0. The maximum absolute atomic E-state index is 12.9. The van der Waals surface area contributed by atoms with Gasteiger partial charge in [0.1, 0.15) is 0 Å². The smallest absolute Gasteiger partial charge is 0.214 e. The van der Waals surface area contributed by atoms with Gasteiger partial charge in [-0.2, -0.15) is 4.39 Å². The number of aromatic nitrogens is 1. The zero-order valence-corrected chi connectivity index (χ0v) is 9.12. The van der Waals surface area contributed by atoms with Gasteiger partial charge in [-0.3, -0.25) is 0 Å². The minimum atomic E-state index is -0.397. The van der Waals surface area contributed by atoms with Gasteiger partial charge in [0.2, 0.25) is 5.95 Å². The first-order valence-electron chi connectivity index (χ1n) is 5.58. The molecule has 1 aliphatic rings. The number of nitrogens with zero attached hydrogens (tertiary/aromatic N) is 2. The standard InChI is InChI=1S/C12H17FN2/c1-15(9-10-4-2-3-5-10)11-6-7-14-12(13)8-11/h6-8,10H,2-5,9H2,1H3. The Morgan fingerprint density at radius 3 is 2.87 bits per heavy atom. The lowest BCUT2D eigenvalue weighted by molar-refractivity contribution is 0.544. The quantitative estimate of drug-likeness (QED) is 0.710. The molecule has 2 nitrogen and oxygen atoms in total. The minimum absolute atomic E-state index is 0.397. The summed E-state index contributed by atoms with van der Waals surface area (Å²) in [4.78, 5) is 5.69. The predicted molar refractivity (Wildman–Crippen MR) is 59.4 cm³/mol. The van der Waals surface area contributed by atoms with E-state index in [0.717, 1.165) is 18.2 Å². The third kappa shape index (κ3) is 2.67. The molecule has 1 fully saturated rings. The molecule has 0 aliphatic heterocycles. The second kappa shape index (κ2) is 4.60. The first kappa shape index (κ1) is 10.4. The Morgan fingerprint density at radius 1 is 1.47 bits per heavy atom. The van der Waals surface area contributed by atoms with Crippen LogP contribution in [-0.4, -0.2) is 18.6 Å². The van der Waals surface area contributed by atoms with Crippen LogP contribution < -0.4 is 4.90 Å². The van der Waals surface area contributed by atoms with E-state index in [0.29, 0.717) is 0 Å². The summed E-state index contributed by atoms with van der Waals surface area (Å²) in [5.41, 5.74) is 0.925. The van der Waals surface area contributed by atoms with E-state index in [4.69, 9.17) is 0 Å². The Morgan fingerprint density at radius 2 is 2.20 bits per heavy atom. The van der Waals surface area contributed by atoms with E-state index < -0.39 is 5.95 Å². The van der Waals surface area contributed by atoms with Crippen molar-refractivity contribution in [1.82, 2.24) is 4.98 Å². The van der Waals surface area contributed by atoms with Crippen molar-refractivity contribution in [2.75, 3.05) is 18.5 Å². The molecule has 0 aromatic carbocycles. The molecule has 3 heteroatoms. The molecular weight excluding hydrogens is 191 g/mol. The molecule has 1 saturated carbocycles. The second-order valence-corrected chi connectivity index (χ2v) is 4.37. The Labute approximate surface area is 90.1 Å². The van der Waals surface area contributed by atoms with Crippen LogP contribution in [0.5, 0.6) is 0 Å². The highest BCUT2D eigenvalue weighted by atomic mass is 19.1. The summed E-state index contributed by atoms with van der Waals surface area (Å²) < 4.78 is 12.9. The molecule has 15 heavy (non-hydrogen) atoms. The van der Waals surface area contributed by atoms with Gasteiger partial charge in [0.15, 0.2) is 0 Å². The van der Waals surface area contributed by atoms with Crippen molar-refractivity contribution in [1.29, 1.82) is 0 Å². The third-order valence-electron chi connectivity index (χ3n) is 3.16. The van der Waals surface area contributed by atoms with Crippen molar-refractivity contribution in [2.45, 2.75) is 25.7 Å². The number of hydrogen-bond donors (Lipinski definition) is 0. The van der Waals surface area contributed by atoms with Gasteiger partial charge in [-0.1, -0.05) is 12.8 Å². The van der Waals surface area contributed by atoms with Crippen LogP contribution >= 0.6 is 0 Å². The van der Waals surface area contributed by atoms with Crippen molar-refractivity contribution < 1.29 is 4.39 Å². The van der Waals surface area contributed by atoms with Gasteiger partial charge in [-0.25, -0.2) is 4.98 Å².